The van der Waals surface area contributed by atoms with Crippen molar-refractivity contribution in [3.63, 3.8) is 0 Å². The Hall–Kier alpha value is -2.69. The van der Waals surface area contributed by atoms with Crippen molar-refractivity contribution in [2.24, 2.45) is 0 Å². The number of rotatable bonds is 2. The van der Waals surface area contributed by atoms with Crippen molar-refractivity contribution in [3.8, 4) is 23.6 Å². The van der Waals surface area contributed by atoms with Gasteiger partial charge in [-0.25, -0.2) is 0 Å². The van der Waals surface area contributed by atoms with Crippen LogP contribution >= 0.6 is 11.6 Å². The van der Waals surface area contributed by atoms with E-state index in [4.69, 9.17) is 32.6 Å². The predicted octanol–water partition coefficient (Wildman–Crippen LogP) is 3.46. The molecule has 19 heavy (non-hydrogen) atoms. The first-order valence-electron chi connectivity index (χ1n) is 5.31. The second-order valence-corrected chi connectivity index (χ2v) is 4.16. The number of nitrogens with two attached hydrogens (primary N) is 1. The highest BCUT2D eigenvalue weighted by Crippen LogP contribution is 2.31. The number of nitriles is 2. The van der Waals surface area contributed by atoms with E-state index in [0.29, 0.717) is 33.3 Å². The lowest BCUT2D eigenvalue weighted by Gasteiger charge is -2.10. The number of hydrogen-bond acceptors (Lipinski definition) is 4. The van der Waals surface area contributed by atoms with Gasteiger partial charge in [0.1, 0.15) is 17.6 Å². The summed E-state index contributed by atoms with van der Waals surface area (Å²) >= 11 is 5.86. The van der Waals surface area contributed by atoms with Gasteiger partial charge in [-0.2, -0.15) is 10.5 Å². The largest absolute Gasteiger partial charge is 0.454 e. The van der Waals surface area contributed by atoms with Gasteiger partial charge < -0.3 is 10.5 Å². The molecule has 0 heterocycles. The quantitative estimate of drug-likeness (QED) is 0.846. The van der Waals surface area contributed by atoms with Gasteiger partial charge in [0.2, 0.25) is 0 Å². The maximum atomic E-state index is 8.99. The van der Waals surface area contributed by atoms with Gasteiger partial charge in [-0.15, -0.1) is 0 Å². The average molecular weight is 270 g/mol. The van der Waals surface area contributed by atoms with E-state index in [1.807, 2.05) is 12.1 Å². The Morgan fingerprint density at radius 3 is 2.42 bits per heavy atom. The van der Waals surface area contributed by atoms with Crippen LogP contribution in [0, 0.1) is 22.7 Å². The maximum absolute atomic E-state index is 8.99. The van der Waals surface area contributed by atoms with E-state index in [2.05, 4.69) is 0 Å². The number of nitrogen functional groups attached to an aromatic ring is 1. The van der Waals surface area contributed by atoms with Crippen LogP contribution in [0.25, 0.3) is 0 Å². The number of ether oxygens (including phenoxy) is 1. The average Bonchev–Trinajstić information content (AvgIpc) is 2.41. The van der Waals surface area contributed by atoms with Crippen molar-refractivity contribution in [2.75, 3.05) is 5.73 Å². The molecule has 0 amide bonds. The van der Waals surface area contributed by atoms with E-state index < -0.39 is 0 Å². The van der Waals surface area contributed by atoms with Crippen LogP contribution in [-0.2, 0) is 0 Å². The molecule has 5 heteroatoms. The van der Waals surface area contributed by atoms with Crippen molar-refractivity contribution >= 4 is 17.3 Å². The van der Waals surface area contributed by atoms with E-state index in [1.165, 1.54) is 12.1 Å². The Bertz CT molecular complexity index is 714. The molecule has 2 rings (SSSR count). The van der Waals surface area contributed by atoms with Crippen LogP contribution in [0.15, 0.2) is 36.4 Å². The molecule has 0 aliphatic rings. The Balaban J connectivity index is 2.40. The van der Waals surface area contributed by atoms with E-state index >= 15 is 0 Å². The van der Waals surface area contributed by atoms with E-state index in [0.717, 1.165) is 0 Å². The van der Waals surface area contributed by atoms with Crippen molar-refractivity contribution < 1.29 is 4.74 Å². The molecule has 0 unspecified atom stereocenters. The molecule has 2 N–H and O–H groups in total. The Labute approximate surface area is 115 Å². The summed E-state index contributed by atoms with van der Waals surface area (Å²) in [4.78, 5) is 0. The highest BCUT2D eigenvalue weighted by Gasteiger charge is 2.08. The van der Waals surface area contributed by atoms with Crippen molar-refractivity contribution in [2.45, 2.75) is 0 Å². The van der Waals surface area contributed by atoms with Gasteiger partial charge in [0.05, 0.1) is 22.9 Å². The first-order valence-corrected chi connectivity index (χ1v) is 5.69. The molecule has 0 radical (unpaired) electrons. The Morgan fingerprint density at radius 1 is 1.00 bits per heavy atom. The summed E-state index contributed by atoms with van der Waals surface area (Å²) in [6.45, 7) is 0. The summed E-state index contributed by atoms with van der Waals surface area (Å²) in [5.41, 5.74) is 6.90. The fourth-order valence-electron chi connectivity index (χ4n) is 1.50. The zero-order valence-corrected chi connectivity index (χ0v) is 10.5. The first kappa shape index (κ1) is 12.8. The molecular weight excluding hydrogens is 262 g/mol. The molecule has 0 spiro atoms. The molecule has 92 valence electrons. The third kappa shape index (κ3) is 2.77. The fourth-order valence-corrected chi connectivity index (χ4v) is 1.66. The minimum absolute atomic E-state index is 0.322. The third-order valence-corrected chi connectivity index (χ3v) is 2.66. The zero-order valence-electron chi connectivity index (χ0n) is 9.72. The molecular formula is C14H8ClN3O. The number of anilines is 1. The van der Waals surface area contributed by atoms with Crippen LogP contribution in [0.3, 0.4) is 0 Å². The highest BCUT2D eigenvalue weighted by molar-refractivity contribution is 6.30. The number of benzene rings is 2. The zero-order chi connectivity index (χ0) is 13.8. The van der Waals surface area contributed by atoms with E-state index in [9.17, 15) is 0 Å². The predicted molar refractivity (Wildman–Crippen MR) is 71.8 cm³/mol. The molecule has 4 nitrogen and oxygen atoms in total. The highest BCUT2D eigenvalue weighted by atomic mass is 35.5. The van der Waals surface area contributed by atoms with Crippen LogP contribution in [0.2, 0.25) is 5.02 Å². The lowest BCUT2D eigenvalue weighted by molar-refractivity contribution is 0.483. The number of hydrogen-bond donors (Lipinski definition) is 1. The molecule has 0 atom stereocenters. The van der Waals surface area contributed by atoms with Crippen LogP contribution in [-0.4, -0.2) is 0 Å². The normalized spacial score (nSPS) is 9.42. The van der Waals surface area contributed by atoms with Gasteiger partial charge in [-0.1, -0.05) is 11.6 Å². The topological polar surface area (TPSA) is 82.8 Å². The van der Waals surface area contributed by atoms with Gasteiger partial charge >= 0.3 is 0 Å². The molecule has 0 saturated carbocycles. The summed E-state index contributed by atoms with van der Waals surface area (Å²) in [5.74, 6) is 0.698. The van der Waals surface area contributed by atoms with Gasteiger partial charge in [-0.05, 0) is 30.3 Å². The van der Waals surface area contributed by atoms with E-state index in [-0.39, 0.29) is 0 Å². The van der Waals surface area contributed by atoms with E-state index in [1.54, 1.807) is 24.3 Å². The molecule has 0 aliphatic carbocycles. The van der Waals surface area contributed by atoms with Crippen LogP contribution in [0.5, 0.6) is 11.5 Å². The smallest absolute Gasteiger partial charge is 0.150 e. The SMILES string of the molecule is N#Cc1ccc(Oc2cc(Cl)ccc2C#N)c(N)c1. The minimum Gasteiger partial charge on any atom is -0.454 e. The minimum atomic E-state index is 0.322. The Morgan fingerprint density at radius 2 is 1.79 bits per heavy atom. The summed E-state index contributed by atoms with van der Waals surface area (Å²) < 4.78 is 5.57. The molecule has 2 aromatic rings. The number of nitrogens with zero attached hydrogens (tertiary/aromatic N) is 2. The molecule has 0 saturated heterocycles. The van der Waals surface area contributed by atoms with Gasteiger partial charge in [-0.3, -0.25) is 0 Å². The van der Waals surface area contributed by atoms with Gasteiger partial charge in [0.25, 0.3) is 0 Å². The Kier molecular flexibility index (Phi) is 3.56. The van der Waals surface area contributed by atoms with Gasteiger partial charge in [0, 0.05) is 11.1 Å². The fraction of sp³-hybridized carbons (Fsp3) is 0. The summed E-state index contributed by atoms with van der Waals surface area (Å²) in [7, 11) is 0. The molecule has 0 aromatic heterocycles. The maximum Gasteiger partial charge on any atom is 0.150 e. The van der Waals surface area contributed by atoms with Crippen molar-refractivity contribution in [1.82, 2.24) is 0 Å². The molecule has 0 fully saturated rings. The van der Waals surface area contributed by atoms with Crippen LogP contribution in [0.4, 0.5) is 5.69 Å². The van der Waals surface area contributed by atoms with Crippen LogP contribution in [0.1, 0.15) is 11.1 Å². The standard InChI is InChI=1S/C14H8ClN3O/c15-11-3-2-10(8-17)14(6-11)19-13-4-1-9(7-16)5-12(13)18/h1-6H,18H2. The second-order valence-electron chi connectivity index (χ2n) is 3.72. The van der Waals surface area contributed by atoms with Crippen LogP contribution < -0.4 is 10.5 Å². The first-order chi connectivity index (χ1) is 9.13. The van der Waals surface area contributed by atoms with Gasteiger partial charge in [0.15, 0.2) is 0 Å². The lowest BCUT2D eigenvalue weighted by atomic mass is 10.2. The second kappa shape index (κ2) is 5.30. The third-order valence-electron chi connectivity index (χ3n) is 2.42. The summed E-state index contributed by atoms with van der Waals surface area (Å²) in [5, 5.41) is 18.2. The monoisotopic (exact) mass is 269 g/mol. The molecule has 0 aliphatic heterocycles. The van der Waals surface area contributed by atoms with Crippen molar-refractivity contribution in [3.05, 3.63) is 52.5 Å². The molecule has 2 aromatic carbocycles. The summed E-state index contributed by atoms with van der Waals surface area (Å²) in [6, 6.07) is 13.4. The summed E-state index contributed by atoms with van der Waals surface area (Å²) in [6.07, 6.45) is 0. The number of halogens is 1. The molecule has 0 bridgehead atoms. The van der Waals surface area contributed by atoms with Crippen molar-refractivity contribution in [1.29, 1.82) is 10.5 Å². The lowest BCUT2D eigenvalue weighted by Crippen LogP contribution is -1.94.